The molecule has 2 atom stereocenters. The summed E-state index contributed by atoms with van der Waals surface area (Å²) in [5.41, 5.74) is 0. The highest BCUT2D eigenvalue weighted by molar-refractivity contribution is 5.61. The molecule has 0 radical (unpaired) electrons. The molecule has 1 fully saturated rings. The minimum Gasteiger partial charge on any atom is -0.491 e. The summed E-state index contributed by atoms with van der Waals surface area (Å²) in [5.74, 6) is 1.15. The molecule has 8 nitrogen and oxygen atoms in total. The Hall–Kier alpha value is -2.48. The Balaban J connectivity index is 1.79. The van der Waals surface area contributed by atoms with Crippen LogP contribution < -0.4 is 9.47 Å². The molecule has 0 aromatic heterocycles. The van der Waals surface area contributed by atoms with Crippen LogP contribution >= 0.6 is 0 Å². The van der Waals surface area contributed by atoms with E-state index in [9.17, 15) is 9.59 Å². The van der Waals surface area contributed by atoms with E-state index in [0.717, 1.165) is 0 Å². The van der Waals surface area contributed by atoms with Crippen LogP contribution in [0.3, 0.4) is 0 Å². The summed E-state index contributed by atoms with van der Waals surface area (Å²) < 4.78 is 30.4. The maximum atomic E-state index is 10.8. The zero-order chi connectivity index (χ0) is 16.5. The summed E-state index contributed by atoms with van der Waals surface area (Å²) in [5, 5.41) is 0. The number of carbonyl (C=O) groups is 2. The molecule has 8 heteroatoms. The molecule has 0 amide bonds. The van der Waals surface area contributed by atoms with Crippen molar-refractivity contribution in [1.82, 2.24) is 0 Å². The number of benzene rings is 1. The summed E-state index contributed by atoms with van der Waals surface area (Å²) in [6, 6.07) is 6.99. The van der Waals surface area contributed by atoms with E-state index in [4.69, 9.17) is 18.9 Å². The lowest BCUT2D eigenvalue weighted by molar-refractivity contribution is -0.132. The Labute approximate surface area is 133 Å². The Morgan fingerprint density at radius 2 is 2.09 bits per heavy atom. The number of carbonyl (C=O) groups excluding carboxylic acids is 2. The van der Waals surface area contributed by atoms with Crippen LogP contribution in [0.25, 0.3) is 0 Å². The van der Waals surface area contributed by atoms with E-state index in [2.05, 4.69) is 9.47 Å². The number of hydrogen-bond donors (Lipinski definition) is 0. The van der Waals surface area contributed by atoms with Crippen LogP contribution in [0.5, 0.6) is 11.5 Å². The summed E-state index contributed by atoms with van der Waals surface area (Å²) in [4.78, 5) is 21.0. The van der Waals surface area contributed by atoms with Crippen LogP contribution in [0.4, 0.5) is 4.79 Å². The average molecular weight is 326 g/mol. The molecule has 1 aliphatic heterocycles. The quantitative estimate of drug-likeness (QED) is 0.467. The zero-order valence-corrected chi connectivity index (χ0v) is 12.6. The molecule has 2 rings (SSSR count). The predicted molar refractivity (Wildman–Crippen MR) is 76.5 cm³/mol. The maximum absolute atomic E-state index is 10.8. The van der Waals surface area contributed by atoms with Crippen molar-refractivity contribution in [1.29, 1.82) is 0 Å². The fourth-order valence-corrected chi connectivity index (χ4v) is 1.81. The highest BCUT2D eigenvalue weighted by Gasteiger charge is 2.25. The monoisotopic (exact) mass is 326 g/mol. The van der Waals surface area contributed by atoms with Gasteiger partial charge in [-0.15, -0.1) is 0 Å². The highest BCUT2D eigenvalue weighted by Crippen LogP contribution is 2.20. The molecule has 0 bridgehead atoms. The van der Waals surface area contributed by atoms with Crippen molar-refractivity contribution in [3.8, 4) is 11.5 Å². The molecule has 1 aromatic carbocycles. The number of methoxy groups -OCH3 is 1. The summed E-state index contributed by atoms with van der Waals surface area (Å²) in [6.07, 6.45) is -1.45. The second-order valence-corrected chi connectivity index (χ2v) is 4.69. The molecule has 1 aliphatic rings. The van der Waals surface area contributed by atoms with E-state index in [1.165, 1.54) is 7.11 Å². The molecule has 0 aliphatic carbocycles. The zero-order valence-electron chi connectivity index (χ0n) is 12.6. The summed E-state index contributed by atoms with van der Waals surface area (Å²) in [6.45, 7) is 1.08. The second kappa shape index (κ2) is 8.84. The van der Waals surface area contributed by atoms with E-state index in [-0.39, 0.29) is 32.5 Å². The van der Waals surface area contributed by atoms with Crippen LogP contribution in [0.2, 0.25) is 0 Å². The number of rotatable bonds is 10. The first-order valence-electron chi connectivity index (χ1n) is 6.98. The molecule has 2 unspecified atom stereocenters. The van der Waals surface area contributed by atoms with Gasteiger partial charge in [0.25, 0.3) is 6.47 Å². The first-order chi connectivity index (χ1) is 11.2. The van der Waals surface area contributed by atoms with E-state index in [0.29, 0.717) is 18.0 Å². The molecule has 0 saturated carbocycles. The van der Waals surface area contributed by atoms with Crippen molar-refractivity contribution in [2.24, 2.45) is 0 Å². The lowest BCUT2D eigenvalue weighted by Crippen LogP contribution is -2.25. The Kier molecular flexibility index (Phi) is 6.49. The first kappa shape index (κ1) is 16.9. The number of hydrogen-bond acceptors (Lipinski definition) is 8. The van der Waals surface area contributed by atoms with E-state index < -0.39 is 12.3 Å². The largest absolute Gasteiger partial charge is 0.508 e. The highest BCUT2D eigenvalue weighted by atomic mass is 16.8. The van der Waals surface area contributed by atoms with Crippen LogP contribution in [-0.4, -0.2) is 58.4 Å². The molecule has 0 spiro atoms. The van der Waals surface area contributed by atoms with Gasteiger partial charge in [0.1, 0.15) is 44.0 Å². The smallest absolute Gasteiger partial charge is 0.491 e. The third kappa shape index (κ3) is 5.67. The topological polar surface area (TPSA) is 89.5 Å². The van der Waals surface area contributed by atoms with Crippen LogP contribution in [0.1, 0.15) is 0 Å². The lowest BCUT2D eigenvalue weighted by atomic mass is 10.3. The van der Waals surface area contributed by atoms with Gasteiger partial charge >= 0.3 is 6.16 Å². The van der Waals surface area contributed by atoms with Gasteiger partial charge in [0, 0.05) is 13.2 Å². The molecule has 1 saturated heterocycles. The van der Waals surface area contributed by atoms with E-state index in [1.807, 2.05) is 0 Å². The Morgan fingerprint density at radius 3 is 2.74 bits per heavy atom. The Morgan fingerprint density at radius 1 is 1.30 bits per heavy atom. The second-order valence-electron chi connectivity index (χ2n) is 4.69. The van der Waals surface area contributed by atoms with E-state index >= 15 is 0 Å². The molecule has 0 N–H and O–H groups in total. The maximum Gasteiger partial charge on any atom is 0.508 e. The van der Waals surface area contributed by atoms with Gasteiger partial charge in [0.2, 0.25) is 0 Å². The van der Waals surface area contributed by atoms with Gasteiger partial charge in [0.05, 0.1) is 0 Å². The average Bonchev–Trinajstić information content (AvgIpc) is 2.99. The van der Waals surface area contributed by atoms with Crippen LogP contribution in [0, 0.1) is 0 Å². The number of cyclic esters (lactones) is 2. The molecule has 1 aromatic rings. The van der Waals surface area contributed by atoms with Crippen molar-refractivity contribution in [2.45, 2.75) is 12.2 Å². The molecule has 126 valence electrons. The number of ether oxygens (including phenoxy) is 6. The third-order valence-electron chi connectivity index (χ3n) is 3.01. The minimum absolute atomic E-state index is 0.114. The van der Waals surface area contributed by atoms with E-state index in [1.54, 1.807) is 24.3 Å². The van der Waals surface area contributed by atoms with Crippen molar-refractivity contribution in [3.63, 3.8) is 0 Å². The molecular formula is C15H18O8. The van der Waals surface area contributed by atoms with Gasteiger partial charge in [-0.1, -0.05) is 6.07 Å². The van der Waals surface area contributed by atoms with Crippen molar-refractivity contribution < 1.29 is 38.0 Å². The fourth-order valence-electron chi connectivity index (χ4n) is 1.81. The van der Waals surface area contributed by atoms with Gasteiger partial charge in [-0.2, -0.15) is 0 Å². The predicted octanol–water partition coefficient (Wildman–Crippen LogP) is 1.17. The van der Waals surface area contributed by atoms with Gasteiger partial charge in [-0.3, -0.25) is 4.79 Å². The summed E-state index contributed by atoms with van der Waals surface area (Å²) >= 11 is 0. The standard InChI is InChI=1S/C15H18O8/c1-18-13(6-19-10-16)7-20-11-3-2-4-12(5-11)21-8-14-9-22-15(17)23-14/h2-5,10,13-14H,6-9H2,1H3. The van der Waals surface area contributed by atoms with Gasteiger partial charge in [-0.05, 0) is 12.1 Å². The molecule has 23 heavy (non-hydrogen) atoms. The molecular weight excluding hydrogens is 308 g/mol. The third-order valence-corrected chi connectivity index (χ3v) is 3.01. The SMILES string of the molecule is COC(COC=O)COc1cccc(OCC2COC(=O)O2)c1. The molecule has 1 heterocycles. The van der Waals surface area contributed by atoms with Gasteiger partial charge in [0.15, 0.2) is 6.10 Å². The fraction of sp³-hybridized carbons (Fsp3) is 0.467. The Bertz CT molecular complexity index is 518. The van der Waals surface area contributed by atoms with Crippen molar-refractivity contribution in [3.05, 3.63) is 24.3 Å². The van der Waals surface area contributed by atoms with Crippen molar-refractivity contribution in [2.75, 3.05) is 33.5 Å². The normalized spacial score (nSPS) is 17.8. The van der Waals surface area contributed by atoms with Crippen LogP contribution in [-0.2, 0) is 23.7 Å². The van der Waals surface area contributed by atoms with Gasteiger partial charge < -0.3 is 28.4 Å². The lowest BCUT2D eigenvalue weighted by Gasteiger charge is -2.15. The van der Waals surface area contributed by atoms with Gasteiger partial charge in [-0.25, -0.2) is 4.79 Å². The van der Waals surface area contributed by atoms with Crippen molar-refractivity contribution >= 4 is 12.6 Å². The minimum atomic E-state index is -0.682. The van der Waals surface area contributed by atoms with Crippen LogP contribution in [0.15, 0.2) is 24.3 Å². The first-order valence-corrected chi connectivity index (χ1v) is 6.98. The summed E-state index contributed by atoms with van der Waals surface area (Å²) in [7, 11) is 1.51.